The second-order valence-electron chi connectivity index (χ2n) is 12.1. The van der Waals surface area contributed by atoms with Gasteiger partial charge in [0, 0.05) is 55.1 Å². The lowest BCUT2D eigenvalue weighted by Gasteiger charge is -2.44. The highest BCUT2D eigenvalue weighted by atomic mass is 35.5. The summed E-state index contributed by atoms with van der Waals surface area (Å²) in [6.07, 6.45) is 5.28. The van der Waals surface area contributed by atoms with Crippen LogP contribution in [0.5, 0.6) is 5.75 Å². The zero-order valence-electron chi connectivity index (χ0n) is 26.4. The van der Waals surface area contributed by atoms with E-state index in [1.165, 1.54) is 0 Å². The van der Waals surface area contributed by atoms with Crippen molar-refractivity contribution in [3.05, 3.63) is 113 Å². The summed E-state index contributed by atoms with van der Waals surface area (Å²) < 4.78 is 5.30. The summed E-state index contributed by atoms with van der Waals surface area (Å²) in [5.74, 6) is 0.417. The number of nitrogens with one attached hydrogen (secondary N) is 2. The van der Waals surface area contributed by atoms with E-state index in [1.807, 2.05) is 83.8 Å². The van der Waals surface area contributed by atoms with Crippen molar-refractivity contribution in [1.82, 2.24) is 25.1 Å². The number of para-hydroxylation sites is 1. The molecule has 2 saturated heterocycles. The van der Waals surface area contributed by atoms with E-state index in [2.05, 4.69) is 20.2 Å². The van der Waals surface area contributed by atoms with E-state index in [9.17, 15) is 14.4 Å². The number of methoxy groups -OCH3 is 1. The van der Waals surface area contributed by atoms with Gasteiger partial charge in [0.1, 0.15) is 17.3 Å². The van der Waals surface area contributed by atoms with Crippen molar-refractivity contribution < 1.29 is 19.1 Å². The van der Waals surface area contributed by atoms with Crippen LogP contribution in [0.25, 0.3) is 0 Å². The molecule has 1 unspecified atom stereocenters. The standard InChI is InChI=1S/C36H39ClN6O4/c1-47-31-14-9-26(10-15-31)21-32(40-33(44)16-13-29-22-38-24-39-29)34(45)41-19-17-36(18-20-41)35(46)42(23-27-7-11-28(37)12-8-27)25-43(36)30-5-3-2-4-6-30/h2-12,14-15,22,24,32H,13,16-21,23,25H2,1H3,(H,38,39)(H,40,44). The zero-order valence-corrected chi connectivity index (χ0v) is 27.2. The molecule has 0 bridgehead atoms. The SMILES string of the molecule is COc1ccc(CC(NC(=O)CCc2cnc[nH]2)C(=O)N2CCC3(CC2)C(=O)N(Cc2ccc(Cl)cc2)CN3c2ccccc2)cc1. The first-order valence-electron chi connectivity index (χ1n) is 15.9. The van der Waals surface area contributed by atoms with Gasteiger partial charge in [-0.15, -0.1) is 0 Å². The van der Waals surface area contributed by atoms with Crippen LogP contribution >= 0.6 is 11.6 Å². The van der Waals surface area contributed by atoms with E-state index in [1.54, 1.807) is 24.5 Å². The van der Waals surface area contributed by atoms with E-state index in [0.29, 0.717) is 57.0 Å². The Morgan fingerprint density at radius 1 is 1.00 bits per heavy atom. The first-order chi connectivity index (χ1) is 22.8. The van der Waals surface area contributed by atoms with Crippen LogP contribution in [-0.4, -0.2) is 75.9 Å². The lowest BCUT2D eigenvalue weighted by atomic mass is 9.85. The Hall–Kier alpha value is -4.83. The number of carbonyl (C=O) groups is 3. The number of piperidine rings is 1. The fourth-order valence-electron chi connectivity index (χ4n) is 6.58. The van der Waals surface area contributed by atoms with Crippen molar-refractivity contribution in [3.63, 3.8) is 0 Å². The summed E-state index contributed by atoms with van der Waals surface area (Å²) in [5.41, 5.74) is 2.97. The molecule has 1 atom stereocenters. The minimum atomic E-state index is -0.774. The molecular formula is C36H39ClN6O4. The van der Waals surface area contributed by atoms with Crippen LogP contribution in [0.3, 0.4) is 0 Å². The highest BCUT2D eigenvalue weighted by Crippen LogP contribution is 2.40. The molecule has 11 heteroatoms. The number of rotatable bonds is 11. The van der Waals surface area contributed by atoms with E-state index in [-0.39, 0.29) is 24.1 Å². The molecule has 0 radical (unpaired) electrons. The average molecular weight is 655 g/mol. The van der Waals surface area contributed by atoms with Crippen LogP contribution in [-0.2, 0) is 33.8 Å². The van der Waals surface area contributed by atoms with E-state index in [4.69, 9.17) is 16.3 Å². The van der Waals surface area contributed by atoms with E-state index in [0.717, 1.165) is 28.3 Å². The Bertz CT molecular complexity index is 1660. The zero-order chi connectivity index (χ0) is 32.8. The number of benzene rings is 3. The molecule has 244 valence electrons. The minimum Gasteiger partial charge on any atom is -0.497 e. The molecule has 3 amide bonds. The monoisotopic (exact) mass is 654 g/mol. The molecule has 0 saturated carbocycles. The molecule has 4 aromatic rings. The number of aromatic nitrogens is 2. The van der Waals surface area contributed by atoms with Crippen LogP contribution in [0.15, 0.2) is 91.4 Å². The number of aromatic amines is 1. The van der Waals surface area contributed by atoms with Crippen molar-refractivity contribution in [2.75, 3.05) is 31.8 Å². The van der Waals surface area contributed by atoms with Crippen LogP contribution in [0.4, 0.5) is 5.69 Å². The maximum absolute atomic E-state index is 14.2. The molecule has 2 fully saturated rings. The molecule has 2 N–H and O–H groups in total. The number of H-pyrrole nitrogens is 1. The van der Waals surface area contributed by atoms with Crippen LogP contribution in [0.2, 0.25) is 5.02 Å². The molecular weight excluding hydrogens is 616 g/mol. The molecule has 2 aliphatic rings. The van der Waals surface area contributed by atoms with Gasteiger partial charge in [-0.05, 0) is 66.8 Å². The third kappa shape index (κ3) is 7.28. The second-order valence-corrected chi connectivity index (χ2v) is 12.6. The van der Waals surface area contributed by atoms with Crippen molar-refractivity contribution >= 4 is 35.0 Å². The van der Waals surface area contributed by atoms with Crippen molar-refractivity contribution in [2.45, 2.75) is 50.2 Å². The largest absolute Gasteiger partial charge is 0.497 e. The first kappa shape index (κ1) is 32.1. The first-order valence-corrected chi connectivity index (χ1v) is 16.3. The lowest BCUT2D eigenvalue weighted by molar-refractivity contribution is -0.141. The lowest BCUT2D eigenvalue weighted by Crippen LogP contribution is -2.59. The third-order valence-electron chi connectivity index (χ3n) is 9.18. The fourth-order valence-corrected chi connectivity index (χ4v) is 6.71. The highest BCUT2D eigenvalue weighted by molar-refractivity contribution is 6.30. The number of aryl methyl sites for hydroxylation is 1. The number of halogens is 1. The Labute approximate surface area is 279 Å². The van der Waals surface area contributed by atoms with Gasteiger partial charge < -0.3 is 29.7 Å². The summed E-state index contributed by atoms with van der Waals surface area (Å²) in [6, 6.07) is 24.3. The number of ether oxygens (including phenoxy) is 1. The number of carbonyl (C=O) groups excluding carboxylic acids is 3. The Balaban J connectivity index is 1.18. The highest BCUT2D eigenvalue weighted by Gasteiger charge is 2.54. The van der Waals surface area contributed by atoms with Gasteiger partial charge in [-0.25, -0.2) is 4.98 Å². The summed E-state index contributed by atoms with van der Waals surface area (Å²) in [6.45, 7) is 1.71. The molecule has 1 spiro atoms. The summed E-state index contributed by atoms with van der Waals surface area (Å²) in [7, 11) is 1.61. The Morgan fingerprint density at radius 3 is 2.36 bits per heavy atom. The predicted molar refractivity (Wildman–Crippen MR) is 180 cm³/mol. The number of nitrogens with zero attached hydrogens (tertiary/aromatic N) is 4. The van der Waals surface area contributed by atoms with Gasteiger partial charge in [-0.2, -0.15) is 0 Å². The molecule has 2 aliphatic heterocycles. The molecule has 6 rings (SSSR count). The molecule has 3 heterocycles. The van der Waals surface area contributed by atoms with Crippen molar-refractivity contribution in [1.29, 1.82) is 0 Å². The number of likely N-dealkylation sites (tertiary alicyclic amines) is 1. The quantitative estimate of drug-likeness (QED) is 0.245. The normalized spacial score (nSPS) is 16.4. The molecule has 0 aliphatic carbocycles. The molecule has 3 aromatic carbocycles. The minimum absolute atomic E-state index is 0.0605. The molecule has 47 heavy (non-hydrogen) atoms. The number of hydrogen-bond donors (Lipinski definition) is 2. The van der Waals surface area contributed by atoms with Crippen molar-refractivity contribution in [3.8, 4) is 5.75 Å². The van der Waals surface area contributed by atoms with Gasteiger partial charge >= 0.3 is 0 Å². The third-order valence-corrected chi connectivity index (χ3v) is 9.43. The number of hydrogen-bond acceptors (Lipinski definition) is 6. The summed E-state index contributed by atoms with van der Waals surface area (Å²) in [5, 5.41) is 3.66. The van der Waals surface area contributed by atoms with Gasteiger partial charge in [-0.1, -0.05) is 54.1 Å². The van der Waals surface area contributed by atoms with Crippen LogP contribution < -0.4 is 15.0 Å². The number of amides is 3. The summed E-state index contributed by atoms with van der Waals surface area (Å²) >= 11 is 6.11. The van der Waals surface area contributed by atoms with Gasteiger partial charge in [-0.3, -0.25) is 14.4 Å². The van der Waals surface area contributed by atoms with E-state index >= 15 is 0 Å². The Morgan fingerprint density at radius 2 is 1.70 bits per heavy atom. The van der Waals surface area contributed by atoms with Gasteiger partial charge in [0.25, 0.3) is 0 Å². The number of anilines is 1. The van der Waals surface area contributed by atoms with E-state index < -0.39 is 11.6 Å². The van der Waals surface area contributed by atoms with Crippen molar-refractivity contribution in [2.24, 2.45) is 0 Å². The predicted octanol–water partition coefficient (Wildman–Crippen LogP) is 4.60. The second kappa shape index (κ2) is 14.3. The maximum Gasteiger partial charge on any atom is 0.250 e. The van der Waals surface area contributed by atoms with Gasteiger partial charge in [0.05, 0.1) is 20.1 Å². The maximum atomic E-state index is 14.2. The average Bonchev–Trinajstić information content (AvgIpc) is 3.72. The van der Waals surface area contributed by atoms with Crippen LogP contribution in [0, 0.1) is 0 Å². The molecule has 1 aromatic heterocycles. The number of imidazole rings is 1. The van der Waals surface area contributed by atoms with Gasteiger partial charge in [0.2, 0.25) is 17.7 Å². The smallest absolute Gasteiger partial charge is 0.250 e. The van der Waals surface area contributed by atoms with Gasteiger partial charge in [0.15, 0.2) is 0 Å². The topological polar surface area (TPSA) is 111 Å². The Kier molecular flexibility index (Phi) is 9.77. The summed E-state index contributed by atoms with van der Waals surface area (Å²) in [4.78, 5) is 54.3. The van der Waals surface area contributed by atoms with Crippen LogP contribution in [0.1, 0.15) is 36.1 Å². The molecule has 10 nitrogen and oxygen atoms in total. The fraction of sp³-hybridized carbons (Fsp3) is 0.333.